The maximum atomic E-state index is 14.2. The molecular formula is C30H52N4O2. The molecule has 36 heavy (non-hydrogen) atoms. The standard InChI is InChI=1S/C30H52N4O2/c1-3-4-21-30(2)28(35)33(22-31(24-13-5-6-14-24)25-15-7-8-16-25)29(36)34(30)23-32(26-17-9-10-18-26)27-19-11-12-20-27/h24-27H,3-23H2,1-2H3. The molecule has 0 N–H and O–H groups in total. The van der Waals surface area contributed by atoms with E-state index in [0.29, 0.717) is 37.5 Å². The first-order chi connectivity index (χ1) is 17.5. The van der Waals surface area contributed by atoms with Crippen LogP contribution in [0.25, 0.3) is 0 Å². The number of urea groups is 1. The number of carbonyl (C=O) groups excluding carboxylic acids is 2. The Morgan fingerprint density at radius 1 is 0.694 bits per heavy atom. The van der Waals surface area contributed by atoms with Gasteiger partial charge in [0.05, 0.1) is 13.3 Å². The van der Waals surface area contributed by atoms with Gasteiger partial charge in [-0.15, -0.1) is 0 Å². The second-order valence-corrected chi connectivity index (χ2v) is 12.9. The minimum Gasteiger partial charge on any atom is -0.297 e. The van der Waals surface area contributed by atoms with Crippen LogP contribution in [0.15, 0.2) is 0 Å². The molecule has 0 bridgehead atoms. The van der Waals surface area contributed by atoms with Gasteiger partial charge in [-0.2, -0.15) is 0 Å². The summed E-state index contributed by atoms with van der Waals surface area (Å²) < 4.78 is 0. The van der Waals surface area contributed by atoms with Crippen molar-refractivity contribution in [3.05, 3.63) is 0 Å². The first-order valence-corrected chi connectivity index (χ1v) is 15.7. The van der Waals surface area contributed by atoms with E-state index in [1.54, 1.807) is 4.90 Å². The molecule has 0 aromatic carbocycles. The Morgan fingerprint density at radius 2 is 1.08 bits per heavy atom. The zero-order chi connectivity index (χ0) is 25.1. The van der Waals surface area contributed by atoms with Gasteiger partial charge in [0.15, 0.2) is 0 Å². The number of rotatable bonds is 11. The molecule has 1 atom stereocenters. The molecule has 4 aliphatic carbocycles. The van der Waals surface area contributed by atoms with E-state index in [1.165, 1.54) is 103 Å². The van der Waals surface area contributed by atoms with Gasteiger partial charge in [-0.1, -0.05) is 71.1 Å². The summed E-state index contributed by atoms with van der Waals surface area (Å²) in [7, 11) is 0. The van der Waals surface area contributed by atoms with E-state index < -0.39 is 5.54 Å². The van der Waals surface area contributed by atoms with Crippen LogP contribution in [-0.2, 0) is 4.79 Å². The maximum Gasteiger partial charge on any atom is 0.329 e. The van der Waals surface area contributed by atoms with Crippen molar-refractivity contribution in [3.8, 4) is 0 Å². The normalized spacial score (nSPS) is 29.4. The van der Waals surface area contributed by atoms with Crippen molar-refractivity contribution < 1.29 is 9.59 Å². The van der Waals surface area contributed by atoms with Crippen LogP contribution in [0.2, 0.25) is 0 Å². The van der Waals surface area contributed by atoms with E-state index in [1.807, 2.05) is 4.90 Å². The Bertz CT molecular complexity index is 718. The zero-order valence-corrected chi connectivity index (χ0v) is 23.3. The van der Waals surface area contributed by atoms with Crippen LogP contribution in [0.3, 0.4) is 0 Å². The molecule has 204 valence electrons. The molecule has 3 amide bonds. The Hall–Kier alpha value is -1.14. The lowest BCUT2D eigenvalue weighted by molar-refractivity contribution is -0.135. The summed E-state index contributed by atoms with van der Waals surface area (Å²) in [6.45, 7) is 5.43. The quantitative estimate of drug-likeness (QED) is 0.304. The first kappa shape index (κ1) is 26.5. The summed E-state index contributed by atoms with van der Waals surface area (Å²) in [5.74, 6) is 0.0692. The number of unbranched alkanes of at least 4 members (excludes halogenated alkanes) is 1. The second kappa shape index (κ2) is 11.7. The Kier molecular flexibility index (Phi) is 8.61. The Morgan fingerprint density at radius 3 is 1.47 bits per heavy atom. The van der Waals surface area contributed by atoms with E-state index in [-0.39, 0.29) is 11.9 Å². The van der Waals surface area contributed by atoms with Crippen LogP contribution in [0, 0.1) is 0 Å². The predicted octanol–water partition coefficient (Wildman–Crippen LogP) is 6.49. The molecule has 5 fully saturated rings. The molecule has 6 nitrogen and oxygen atoms in total. The van der Waals surface area contributed by atoms with Crippen LogP contribution in [0.4, 0.5) is 4.79 Å². The Labute approximate surface area is 220 Å². The fourth-order valence-electron chi connectivity index (χ4n) is 8.28. The summed E-state index contributed by atoms with van der Waals surface area (Å²) in [4.78, 5) is 37.3. The van der Waals surface area contributed by atoms with Crippen molar-refractivity contribution in [2.24, 2.45) is 0 Å². The number of amides is 3. The van der Waals surface area contributed by atoms with Crippen LogP contribution >= 0.6 is 0 Å². The number of hydrogen-bond donors (Lipinski definition) is 0. The molecule has 4 saturated carbocycles. The molecule has 6 heteroatoms. The molecule has 1 aliphatic heterocycles. The van der Waals surface area contributed by atoms with Crippen molar-refractivity contribution in [2.45, 2.75) is 166 Å². The molecule has 0 radical (unpaired) electrons. The number of hydrogen-bond acceptors (Lipinski definition) is 4. The van der Waals surface area contributed by atoms with Crippen LogP contribution in [0.5, 0.6) is 0 Å². The number of carbonyl (C=O) groups is 2. The van der Waals surface area contributed by atoms with Crippen molar-refractivity contribution in [2.75, 3.05) is 13.3 Å². The summed E-state index contributed by atoms with van der Waals surface area (Å²) >= 11 is 0. The topological polar surface area (TPSA) is 47.1 Å². The van der Waals surface area contributed by atoms with E-state index in [0.717, 1.165) is 19.3 Å². The largest absolute Gasteiger partial charge is 0.329 e. The molecule has 5 aliphatic rings. The van der Waals surface area contributed by atoms with E-state index in [4.69, 9.17) is 0 Å². The molecule has 0 spiro atoms. The lowest BCUT2D eigenvalue weighted by Crippen LogP contribution is -2.55. The summed E-state index contributed by atoms with van der Waals surface area (Å²) in [5, 5.41) is 0. The Balaban J connectivity index is 1.39. The number of imide groups is 1. The average molecular weight is 501 g/mol. The van der Waals surface area contributed by atoms with E-state index >= 15 is 0 Å². The fourth-order valence-corrected chi connectivity index (χ4v) is 8.28. The van der Waals surface area contributed by atoms with Crippen LogP contribution in [-0.4, -0.2) is 74.6 Å². The summed E-state index contributed by atoms with van der Waals surface area (Å²) in [6.07, 6.45) is 23.1. The van der Waals surface area contributed by atoms with Crippen molar-refractivity contribution >= 4 is 11.9 Å². The third-order valence-electron chi connectivity index (χ3n) is 10.6. The van der Waals surface area contributed by atoms with Gasteiger partial charge in [-0.05, 0) is 64.7 Å². The highest BCUT2D eigenvalue weighted by atomic mass is 16.2. The molecule has 1 unspecified atom stereocenters. The number of nitrogens with zero attached hydrogens (tertiary/aromatic N) is 4. The third kappa shape index (κ3) is 5.23. The first-order valence-electron chi connectivity index (χ1n) is 15.7. The molecule has 0 aromatic heterocycles. The van der Waals surface area contributed by atoms with Crippen LogP contribution in [0.1, 0.15) is 136 Å². The lowest BCUT2D eigenvalue weighted by atomic mass is 9.93. The predicted molar refractivity (Wildman–Crippen MR) is 144 cm³/mol. The monoisotopic (exact) mass is 500 g/mol. The van der Waals surface area contributed by atoms with Gasteiger partial charge < -0.3 is 0 Å². The summed E-state index contributed by atoms with van der Waals surface area (Å²) in [6, 6.07) is 2.22. The molecular weight excluding hydrogens is 448 g/mol. The van der Waals surface area contributed by atoms with E-state index in [2.05, 4.69) is 23.6 Å². The molecule has 1 heterocycles. The third-order valence-corrected chi connectivity index (χ3v) is 10.6. The summed E-state index contributed by atoms with van der Waals surface area (Å²) in [5.41, 5.74) is -0.709. The smallest absolute Gasteiger partial charge is 0.297 e. The van der Waals surface area contributed by atoms with Crippen molar-refractivity contribution in [1.29, 1.82) is 0 Å². The SMILES string of the molecule is CCCCC1(C)C(=O)N(CN(C2CCCC2)C2CCCC2)C(=O)N1CN(C1CCCC1)C1CCCC1. The fraction of sp³-hybridized carbons (Fsp3) is 0.933. The zero-order valence-electron chi connectivity index (χ0n) is 23.3. The van der Waals surface area contributed by atoms with Gasteiger partial charge in [0.25, 0.3) is 5.91 Å². The minimum absolute atomic E-state index is 0.0133. The van der Waals surface area contributed by atoms with Gasteiger partial charge >= 0.3 is 6.03 Å². The molecule has 0 aromatic rings. The maximum absolute atomic E-state index is 14.2. The van der Waals surface area contributed by atoms with E-state index in [9.17, 15) is 9.59 Å². The average Bonchev–Trinajstić information content (AvgIpc) is 3.71. The lowest BCUT2D eigenvalue weighted by Gasteiger charge is -2.41. The van der Waals surface area contributed by atoms with Crippen LogP contribution < -0.4 is 0 Å². The highest BCUT2D eigenvalue weighted by Gasteiger charge is 2.55. The van der Waals surface area contributed by atoms with Crippen molar-refractivity contribution in [1.82, 2.24) is 19.6 Å². The minimum atomic E-state index is -0.709. The van der Waals surface area contributed by atoms with Gasteiger partial charge in [0.2, 0.25) is 0 Å². The van der Waals surface area contributed by atoms with Gasteiger partial charge in [-0.25, -0.2) is 9.69 Å². The van der Waals surface area contributed by atoms with Gasteiger partial charge in [-0.3, -0.25) is 19.5 Å². The second-order valence-electron chi connectivity index (χ2n) is 12.9. The highest BCUT2D eigenvalue weighted by molar-refractivity contribution is 6.06. The highest BCUT2D eigenvalue weighted by Crippen LogP contribution is 2.39. The molecule has 5 rings (SSSR count). The van der Waals surface area contributed by atoms with Gasteiger partial charge in [0.1, 0.15) is 5.54 Å². The van der Waals surface area contributed by atoms with Crippen molar-refractivity contribution in [3.63, 3.8) is 0 Å². The molecule has 1 saturated heterocycles. The van der Waals surface area contributed by atoms with Gasteiger partial charge in [0, 0.05) is 24.2 Å².